The molecule has 0 radical (unpaired) electrons. The minimum atomic E-state index is -0.0303. The van der Waals surface area contributed by atoms with E-state index in [2.05, 4.69) is 4.98 Å². The fourth-order valence-electron chi connectivity index (χ4n) is 2.74. The minimum absolute atomic E-state index is 0.0303. The van der Waals surface area contributed by atoms with Crippen molar-refractivity contribution in [3.8, 4) is 0 Å². The maximum absolute atomic E-state index is 12.4. The molecule has 1 aliphatic heterocycles. The number of carbonyl (C=O) groups is 1. The molecule has 1 aliphatic carbocycles. The summed E-state index contributed by atoms with van der Waals surface area (Å²) in [6.45, 7) is 0.526. The van der Waals surface area contributed by atoms with Gasteiger partial charge in [0, 0.05) is 6.04 Å². The highest BCUT2D eigenvalue weighted by atomic mass is 32.1. The maximum atomic E-state index is 12.4. The fourth-order valence-corrected chi connectivity index (χ4v) is 3.60. The van der Waals surface area contributed by atoms with Gasteiger partial charge in [-0.3, -0.25) is 20.5 Å². The number of nitrogens with one attached hydrogen (secondary N) is 2. The van der Waals surface area contributed by atoms with Gasteiger partial charge in [0.25, 0.3) is 5.91 Å². The fraction of sp³-hybridized carbons (Fsp3) is 0.250. The molecule has 1 amide bonds. The second kappa shape index (κ2) is 5.27. The number of nitrogens with zero attached hydrogens (tertiary/aromatic N) is 3. The Morgan fingerprint density at radius 2 is 2.22 bits per heavy atom. The van der Waals surface area contributed by atoms with Gasteiger partial charge >= 0.3 is 0 Å². The van der Waals surface area contributed by atoms with Crippen LogP contribution in [0.25, 0.3) is 0 Å². The number of anilines is 1. The van der Waals surface area contributed by atoms with Gasteiger partial charge in [-0.15, -0.1) is 11.3 Å². The summed E-state index contributed by atoms with van der Waals surface area (Å²) in [4.78, 5) is 21.0. The molecule has 23 heavy (non-hydrogen) atoms. The van der Waals surface area contributed by atoms with Crippen LogP contribution in [0, 0.1) is 10.8 Å². The van der Waals surface area contributed by atoms with E-state index in [-0.39, 0.29) is 17.8 Å². The Kier molecular flexibility index (Phi) is 3.23. The van der Waals surface area contributed by atoms with Gasteiger partial charge in [0.2, 0.25) is 0 Å². The van der Waals surface area contributed by atoms with Crippen molar-refractivity contribution in [2.75, 3.05) is 4.90 Å². The molecular formula is C16H15N5OS. The lowest BCUT2D eigenvalue weighted by Crippen LogP contribution is -2.32. The van der Waals surface area contributed by atoms with Crippen molar-refractivity contribution >= 4 is 35.2 Å². The zero-order chi connectivity index (χ0) is 16.0. The van der Waals surface area contributed by atoms with Crippen molar-refractivity contribution in [1.29, 1.82) is 10.8 Å². The van der Waals surface area contributed by atoms with Crippen LogP contribution in [0.4, 0.5) is 5.82 Å². The Morgan fingerprint density at radius 1 is 1.39 bits per heavy atom. The molecular weight excluding hydrogens is 310 g/mol. The van der Waals surface area contributed by atoms with Crippen LogP contribution in [0.2, 0.25) is 0 Å². The number of aromatic nitrogens is 1. The normalized spacial score (nSPS) is 16.3. The summed E-state index contributed by atoms with van der Waals surface area (Å²) in [5, 5.41) is 17.7. The molecule has 0 saturated heterocycles. The average molecular weight is 325 g/mol. The largest absolute Gasteiger partial charge is 0.313 e. The number of amides is 1. The lowest BCUT2D eigenvalue weighted by Gasteiger charge is -2.20. The van der Waals surface area contributed by atoms with Gasteiger partial charge < -0.3 is 4.90 Å². The predicted molar refractivity (Wildman–Crippen MR) is 89.5 cm³/mol. The highest BCUT2D eigenvalue weighted by Gasteiger charge is 2.32. The van der Waals surface area contributed by atoms with Crippen molar-refractivity contribution in [1.82, 2.24) is 9.88 Å². The predicted octanol–water partition coefficient (Wildman–Crippen LogP) is 2.70. The minimum Gasteiger partial charge on any atom is -0.313 e. The first-order valence-electron chi connectivity index (χ1n) is 7.42. The van der Waals surface area contributed by atoms with E-state index in [9.17, 15) is 4.79 Å². The van der Waals surface area contributed by atoms with E-state index in [1.165, 1.54) is 17.7 Å². The van der Waals surface area contributed by atoms with Gasteiger partial charge in [0.15, 0.2) is 5.84 Å². The van der Waals surface area contributed by atoms with Crippen LogP contribution in [0.3, 0.4) is 0 Å². The zero-order valence-electron chi connectivity index (χ0n) is 12.3. The summed E-state index contributed by atoms with van der Waals surface area (Å²) >= 11 is 1.45. The first-order valence-corrected chi connectivity index (χ1v) is 8.30. The van der Waals surface area contributed by atoms with E-state index in [0.29, 0.717) is 18.1 Å². The Bertz CT molecular complexity index is 810. The van der Waals surface area contributed by atoms with E-state index in [1.807, 2.05) is 11.4 Å². The Hall–Kier alpha value is -2.54. The van der Waals surface area contributed by atoms with E-state index in [4.69, 9.17) is 10.8 Å². The summed E-state index contributed by atoms with van der Waals surface area (Å²) in [5.74, 6) is 0.740. The average Bonchev–Trinajstić information content (AvgIpc) is 3.20. The van der Waals surface area contributed by atoms with Gasteiger partial charge in [-0.05, 0) is 42.0 Å². The van der Waals surface area contributed by atoms with Crippen LogP contribution in [-0.4, -0.2) is 34.0 Å². The van der Waals surface area contributed by atoms with Gasteiger partial charge in [-0.25, -0.2) is 4.98 Å². The maximum Gasteiger partial charge on any atom is 0.270 e. The van der Waals surface area contributed by atoms with Crippen molar-refractivity contribution < 1.29 is 4.79 Å². The number of pyridine rings is 1. The molecule has 7 heteroatoms. The van der Waals surface area contributed by atoms with Crippen molar-refractivity contribution in [2.24, 2.45) is 0 Å². The first-order chi connectivity index (χ1) is 11.2. The number of hydrogen-bond acceptors (Lipinski definition) is 5. The standard InChI is InChI=1S/C16H15N5OS/c17-9-21(11-4-5-11)15(18)12-2-1-3-13(19-12)20-8-10-6-7-23-14(10)16(20)22/h1-3,6-7,9,11,17-18H,4-5,8H2. The number of hydrogen-bond donors (Lipinski definition) is 2. The van der Waals surface area contributed by atoms with Crippen molar-refractivity contribution in [2.45, 2.75) is 25.4 Å². The second-order valence-electron chi connectivity index (χ2n) is 5.66. The van der Waals surface area contributed by atoms with Gasteiger partial charge in [-0.1, -0.05) is 6.07 Å². The van der Waals surface area contributed by atoms with Crippen LogP contribution in [0.15, 0.2) is 29.6 Å². The molecule has 6 nitrogen and oxygen atoms in total. The quantitative estimate of drug-likeness (QED) is 0.669. The summed E-state index contributed by atoms with van der Waals surface area (Å²) in [7, 11) is 0. The molecule has 0 spiro atoms. The topological polar surface area (TPSA) is 84.1 Å². The summed E-state index contributed by atoms with van der Waals surface area (Å²) in [5.41, 5.74) is 1.52. The number of carbonyl (C=O) groups excluding carboxylic acids is 1. The van der Waals surface area contributed by atoms with Gasteiger partial charge in [0.1, 0.15) is 11.5 Å². The summed E-state index contributed by atoms with van der Waals surface area (Å²) in [6.07, 6.45) is 3.19. The number of fused-ring (bicyclic) bond motifs is 1. The molecule has 0 aromatic carbocycles. The third-order valence-corrected chi connectivity index (χ3v) is 5.05. The van der Waals surface area contributed by atoms with Crippen LogP contribution < -0.4 is 4.90 Å². The highest BCUT2D eigenvalue weighted by Crippen LogP contribution is 2.31. The molecule has 0 bridgehead atoms. The molecule has 2 aliphatic rings. The van der Waals surface area contributed by atoms with Crippen LogP contribution in [-0.2, 0) is 6.54 Å². The molecule has 2 aromatic rings. The Morgan fingerprint density at radius 3 is 2.91 bits per heavy atom. The summed E-state index contributed by atoms with van der Waals surface area (Å²) < 4.78 is 0. The molecule has 1 fully saturated rings. The summed E-state index contributed by atoms with van der Waals surface area (Å²) in [6, 6.07) is 7.55. The van der Waals surface area contributed by atoms with Crippen LogP contribution in [0.1, 0.15) is 33.8 Å². The number of rotatable bonds is 4. The molecule has 0 atom stereocenters. The zero-order valence-corrected chi connectivity index (χ0v) is 13.1. The third kappa shape index (κ3) is 2.33. The lowest BCUT2D eigenvalue weighted by molar-refractivity contribution is 0.0999. The molecule has 2 aromatic heterocycles. The second-order valence-corrected chi connectivity index (χ2v) is 6.58. The van der Waals surface area contributed by atoms with Gasteiger partial charge in [-0.2, -0.15) is 0 Å². The Labute approximate surface area is 137 Å². The monoisotopic (exact) mass is 325 g/mol. The molecule has 4 rings (SSSR count). The van der Waals surface area contributed by atoms with Crippen molar-refractivity contribution in [3.63, 3.8) is 0 Å². The number of amidine groups is 1. The van der Waals surface area contributed by atoms with Crippen LogP contribution >= 0.6 is 11.3 Å². The van der Waals surface area contributed by atoms with E-state index in [0.717, 1.165) is 23.3 Å². The Balaban J connectivity index is 1.62. The highest BCUT2D eigenvalue weighted by molar-refractivity contribution is 7.12. The third-order valence-electron chi connectivity index (χ3n) is 4.11. The van der Waals surface area contributed by atoms with Crippen molar-refractivity contribution in [3.05, 3.63) is 45.8 Å². The molecule has 2 N–H and O–H groups in total. The first kappa shape index (κ1) is 14.1. The molecule has 3 heterocycles. The molecule has 0 unspecified atom stereocenters. The van der Waals surface area contributed by atoms with E-state index < -0.39 is 0 Å². The molecule has 116 valence electrons. The SMILES string of the molecule is N=CN(C(=N)c1cccc(N2Cc3ccsc3C2=O)n1)C1CC1. The van der Waals surface area contributed by atoms with Crippen LogP contribution in [0.5, 0.6) is 0 Å². The van der Waals surface area contributed by atoms with E-state index in [1.54, 1.807) is 28.0 Å². The molecule has 1 saturated carbocycles. The van der Waals surface area contributed by atoms with E-state index >= 15 is 0 Å². The number of thiophene rings is 1. The smallest absolute Gasteiger partial charge is 0.270 e. The van der Waals surface area contributed by atoms with Gasteiger partial charge in [0.05, 0.1) is 17.8 Å². The lowest BCUT2D eigenvalue weighted by atomic mass is 10.3.